The van der Waals surface area contributed by atoms with Crippen molar-refractivity contribution in [1.29, 1.82) is 0 Å². The van der Waals surface area contributed by atoms with Gasteiger partial charge in [0.2, 0.25) is 0 Å². The lowest BCUT2D eigenvalue weighted by atomic mass is 9.49. The smallest absolute Gasteiger partial charge is 0.139 e. The van der Waals surface area contributed by atoms with Crippen molar-refractivity contribution in [1.82, 2.24) is 0 Å². The SMILES string of the molecule is C[C@]12CC[C@@H]3[C@H]4CC[C@H](O)C[C@@H]4C[C@H](O)[C@H]3[C@H]1CCC2=O. The predicted molar refractivity (Wildman–Crippen MR) is 79.5 cm³/mol. The standard InChI is InChI=1S/C18H28O3/c1-18-7-6-13-12-3-2-11(19)8-10(12)9-15(20)17(13)14(18)4-5-16(18)21/h10-15,17,19-20H,2-9H2,1H3/t10-,11+,12+,13-,14-,15+,17-,18+/m1/s1. The van der Waals surface area contributed by atoms with Crippen LogP contribution in [0.5, 0.6) is 0 Å². The molecule has 8 atom stereocenters. The highest BCUT2D eigenvalue weighted by atomic mass is 16.3. The van der Waals surface area contributed by atoms with E-state index in [1.54, 1.807) is 0 Å². The molecule has 0 amide bonds. The Balaban J connectivity index is 1.63. The molecule has 0 bridgehead atoms. The quantitative estimate of drug-likeness (QED) is 0.721. The number of fused-ring (bicyclic) bond motifs is 5. The second-order valence-electron chi connectivity index (χ2n) is 8.46. The van der Waals surface area contributed by atoms with Gasteiger partial charge in [0.05, 0.1) is 12.2 Å². The fourth-order valence-corrected chi connectivity index (χ4v) is 6.61. The summed E-state index contributed by atoms with van der Waals surface area (Å²) in [7, 11) is 0. The third-order valence-electron chi connectivity index (χ3n) is 7.65. The minimum absolute atomic E-state index is 0.150. The highest BCUT2D eigenvalue weighted by molar-refractivity contribution is 5.87. The van der Waals surface area contributed by atoms with Crippen molar-refractivity contribution in [2.75, 3.05) is 0 Å². The maximum absolute atomic E-state index is 12.3. The van der Waals surface area contributed by atoms with Gasteiger partial charge in [-0.2, -0.15) is 0 Å². The number of aliphatic hydroxyl groups is 2. The molecule has 4 rings (SSSR count). The van der Waals surface area contributed by atoms with Crippen LogP contribution in [0.3, 0.4) is 0 Å². The Morgan fingerprint density at radius 3 is 2.67 bits per heavy atom. The number of hydrogen-bond acceptors (Lipinski definition) is 3. The zero-order chi connectivity index (χ0) is 14.8. The number of carbonyl (C=O) groups excluding carboxylic acids is 1. The Morgan fingerprint density at radius 1 is 1.05 bits per heavy atom. The van der Waals surface area contributed by atoms with Gasteiger partial charge in [0.25, 0.3) is 0 Å². The first-order valence-electron chi connectivity index (χ1n) is 8.90. The predicted octanol–water partition coefficient (Wildman–Crippen LogP) is 2.54. The van der Waals surface area contributed by atoms with E-state index < -0.39 is 0 Å². The van der Waals surface area contributed by atoms with Gasteiger partial charge >= 0.3 is 0 Å². The van der Waals surface area contributed by atoms with Gasteiger partial charge in [0.15, 0.2) is 0 Å². The van der Waals surface area contributed by atoms with Crippen LogP contribution < -0.4 is 0 Å². The van der Waals surface area contributed by atoms with Crippen molar-refractivity contribution in [3.63, 3.8) is 0 Å². The fraction of sp³-hybridized carbons (Fsp3) is 0.944. The zero-order valence-corrected chi connectivity index (χ0v) is 13.0. The van der Waals surface area contributed by atoms with Crippen molar-refractivity contribution in [3.8, 4) is 0 Å². The van der Waals surface area contributed by atoms with Crippen LogP contribution >= 0.6 is 0 Å². The van der Waals surface area contributed by atoms with E-state index >= 15 is 0 Å². The molecule has 0 aromatic carbocycles. The van der Waals surface area contributed by atoms with E-state index in [0.717, 1.165) is 51.4 Å². The molecule has 118 valence electrons. The van der Waals surface area contributed by atoms with Gasteiger partial charge in [-0.05, 0) is 74.5 Å². The fourth-order valence-electron chi connectivity index (χ4n) is 6.61. The number of Topliss-reactive ketones (excluding diaryl/α,β-unsaturated/α-hetero) is 1. The monoisotopic (exact) mass is 292 g/mol. The molecule has 4 fully saturated rings. The lowest BCUT2D eigenvalue weighted by Gasteiger charge is -2.56. The van der Waals surface area contributed by atoms with Crippen molar-refractivity contribution < 1.29 is 15.0 Å². The molecule has 0 unspecified atom stereocenters. The lowest BCUT2D eigenvalue weighted by Crippen LogP contribution is -2.54. The molecule has 3 heteroatoms. The summed E-state index contributed by atoms with van der Waals surface area (Å²) in [5.74, 6) is 2.97. The molecule has 4 aliphatic carbocycles. The van der Waals surface area contributed by atoms with Crippen molar-refractivity contribution in [2.24, 2.45) is 35.0 Å². The Hall–Kier alpha value is -0.410. The maximum atomic E-state index is 12.3. The van der Waals surface area contributed by atoms with E-state index in [1.165, 1.54) is 0 Å². The first-order chi connectivity index (χ1) is 10.0. The number of aliphatic hydroxyl groups excluding tert-OH is 2. The van der Waals surface area contributed by atoms with E-state index in [9.17, 15) is 15.0 Å². The zero-order valence-electron chi connectivity index (χ0n) is 13.0. The van der Waals surface area contributed by atoms with Gasteiger partial charge in [0, 0.05) is 11.8 Å². The van der Waals surface area contributed by atoms with Crippen molar-refractivity contribution in [2.45, 2.75) is 70.5 Å². The molecule has 0 heterocycles. The molecule has 0 saturated heterocycles. The van der Waals surface area contributed by atoms with Crippen LogP contribution in [0.1, 0.15) is 58.3 Å². The summed E-state index contributed by atoms with van der Waals surface area (Å²) < 4.78 is 0. The van der Waals surface area contributed by atoms with Gasteiger partial charge in [-0.3, -0.25) is 4.79 Å². The molecule has 0 spiro atoms. The van der Waals surface area contributed by atoms with Crippen LogP contribution in [-0.4, -0.2) is 28.2 Å². The molecule has 0 aromatic heterocycles. The second kappa shape index (κ2) is 4.79. The van der Waals surface area contributed by atoms with Crippen LogP contribution in [-0.2, 0) is 4.79 Å². The first-order valence-corrected chi connectivity index (χ1v) is 8.90. The summed E-state index contributed by atoms with van der Waals surface area (Å²) in [6, 6.07) is 0. The van der Waals surface area contributed by atoms with Gasteiger partial charge in [0.1, 0.15) is 5.78 Å². The third kappa shape index (κ3) is 1.96. The average molecular weight is 292 g/mol. The minimum Gasteiger partial charge on any atom is -0.393 e. The van der Waals surface area contributed by atoms with Crippen LogP contribution in [0.25, 0.3) is 0 Å². The molecule has 3 nitrogen and oxygen atoms in total. The Bertz CT molecular complexity index is 448. The number of hydrogen-bond donors (Lipinski definition) is 2. The molecule has 0 aromatic rings. The van der Waals surface area contributed by atoms with Gasteiger partial charge in [-0.1, -0.05) is 6.92 Å². The van der Waals surface area contributed by atoms with Crippen molar-refractivity contribution >= 4 is 5.78 Å². The third-order valence-corrected chi connectivity index (χ3v) is 7.65. The molecular formula is C18H28O3. The van der Waals surface area contributed by atoms with Crippen LogP contribution in [0.15, 0.2) is 0 Å². The van der Waals surface area contributed by atoms with E-state index in [1.807, 2.05) is 0 Å². The summed E-state index contributed by atoms with van der Waals surface area (Å²) in [6.45, 7) is 2.16. The highest BCUT2D eigenvalue weighted by Gasteiger charge is 2.59. The molecule has 21 heavy (non-hydrogen) atoms. The topological polar surface area (TPSA) is 57.5 Å². The van der Waals surface area contributed by atoms with Gasteiger partial charge in [-0.15, -0.1) is 0 Å². The highest BCUT2D eigenvalue weighted by Crippen LogP contribution is 2.61. The first kappa shape index (κ1) is 14.2. The summed E-state index contributed by atoms with van der Waals surface area (Å²) in [5, 5.41) is 20.7. The van der Waals surface area contributed by atoms with E-state index in [4.69, 9.17) is 0 Å². The molecular weight excluding hydrogens is 264 g/mol. The largest absolute Gasteiger partial charge is 0.393 e. The second-order valence-corrected chi connectivity index (χ2v) is 8.46. The molecule has 2 N–H and O–H groups in total. The number of carbonyl (C=O) groups is 1. The van der Waals surface area contributed by atoms with E-state index in [0.29, 0.717) is 35.4 Å². The number of ketones is 1. The summed E-state index contributed by atoms with van der Waals surface area (Å²) >= 11 is 0. The van der Waals surface area contributed by atoms with Crippen LogP contribution in [0.2, 0.25) is 0 Å². The molecule has 0 aliphatic heterocycles. The number of rotatable bonds is 0. The van der Waals surface area contributed by atoms with Crippen LogP contribution in [0.4, 0.5) is 0 Å². The summed E-state index contributed by atoms with van der Waals surface area (Å²) in [5.41, 5.74) is -0.150. The van der Waals surface area contributed by atoms with Gasteiger partial charge < -0.3 is 10.2 Å². The summed E-state index contributed by atoms with van der Waals surface area (Å²) in [4.78, 5) is 12.3. The Kier molecular flexibility index (Phi) is 3.24. The van der Waals surface area contributed by atoms with E-state index in [-0.39, 0.29) is 17.6 Å². The molecule has 4 aliphatic rings. The van der Waals surface area contributed by atoms with Gasteiger partial charge in [-0.25, -0.2) is 0 Å². The molecule has 0 radical (unpaired) electrons. The van der Waals surface area contributed by atoms with E-state index in [2.05, 4.69) is 6.92 Å². The van der Waals surface area contributed by atoms with Crippen molar-refractivity contribution in [3.05, 3.63) is 0 Å². The Labute approximate surface area is 127 Å². The van der Waals surface area contributed by atoms with Crippen LogP contribution in [0, 0.1) is 35.0 Å². The lowest BCUT2D eigenvalue weighted by molar-refractivity contribution is -0.145. The average Bonchev–Trinajstić information content (AvgIpc) is 2.74. The minimum atomic E-state index is -0.253. The molecule has 4 saturated carbocycles. The summed E-state index contributed by atoms with van der Waals surface area (Å²) in [6.07, 6.45) is 7.23. The normalized spacial score (nSPS) is 56.5. The Morgan fingerprint density at radius 2 is 1.86 bits per heavy atom. The maximum Gasteiger partial charge on any atom is 0.139 e.